The van der Waals surface area contributed by atoms with Crippen LogP contribution in [0.1, 0.15) is 61.7 Å². The molecule has 2 aliphatic carbocycles. The van der Waals surface area contributed by atoms with Crippen LogP contribution in [0, 0.1) is 5.92 Å². The summed E-state index contributed by atoms with van der Waals surface area (Å²) in [5.74, 6) is 0.470. The Hall–Kier alpha value is -0.941. The molecule has 2 aromatic rings. The number of rotatable bonds is 5. The number of hydrogen-bond donors (Lipinski definition) is 1. The number of carbonyl (C=O) groups excluding carboxylic acids is 1. The standard InChI is InChI=1S/C23H28BrN3O.Fe/c24-16-9-10-19-17(13-16)22(18(14-25-19)23(28)15-7-8-15)26-20-5-1-2-6-21(20)27-11-3-4-12-27;/h9-10,13-15,20-21H,1-8,11-12H2,(H,25,26);. The molecule has 0 amide bonds. The number of aromatic nitrogens is 1. The van der Waals surface area contributed by atoms with Gasteiger partial charge in [-0.05, 0) is 69.8 Å². The van der Waals surface area contributed by atoms with E-state index >= 15 is 0 Å². The van der Waals surface area contributed by atoms with Crippen LogP contribution in [0.25, 0.3) is 10.9 Å². The summed E-state index contributed by atoms with van der Waals surface area (Å²) < 4.78 is 1.03. The molecular weight excluding hydrogens is 470 g/mol. The number of carbonyl (C=O) groups is 1. The Morgan fingerprint density at radius 3 is 2.59 bits per heavy atom. The molecule has 1 aromatic heterocycles. The molecule has 5 rings (SSSR count). The smallest absolute Gasteiger partial charge is 0.169 e. The van der Waals surface area contributed by atoms with Gasteiger partial charge in [-0.15, -0.1) is 0 Å². The first-order valence-electron chi connectivity index (χ1n) is 10.8. The number of nitrogens with zero attached hydrogens (tertiary/aromatic N) is 2. The van der Waals surface area contributed by atoms with Crippen molar-refractivity contribution in [1.82, 2.24) is 9.88 Å². The molecule has 0 spiro atoms. The summed E-state index contributed by atoms with van der Waals surface area (Å²) in [7, 11) is 0. The van der Waals surface area contributed by atoms with E-state index in [4.69, 9.17) is 0 Å². The molecule has 1 aliphatic heterocycles. The van der Waals surface area contributed by atoms with E-state index in [1.165, 1.54) is 51.6 Å². The van der Waals surface area contributed by atoms with Crippen molar-refractivity contribution in [2.75, 3.05) is 18.4 Å². The monoisotopic (exact) mass is 497 g/mol. The summed E-state index contributed by atoms with van der Waals surface area (Å²) in [4.78, 5) is 20.3. The molecule has 2 saturated carbocycles. The second kappa shape index (κ2) is 9.05. The van der Waals surface area contributed by atoms with E-state index in [0.717, 1.165) is 39.5 Å². The molecule has 2 atom stereocenters. The normalized spacial score (nSPS) is 25.0. The van der Waals surface area contributed by atoms with Crippen LogP contribution < -0.4 is 5.32 Å². The van der Waals surface area contributed by atoms with E-state index < -0.39 is 0 Å². The fourth-order valence-electron chi connectivity index (χ4n) is 5.05. The largest absolute Gasteiger partial charge is 0.380 e. The zero-order valence-electron chi connectivity index (χ0n) is 16.6. The van der Waals surface area contributed by atoms with E-state index in [1.807, 2.05) is 18.3 Å². The van der Waals surface area contributed by atoms with Crippen LogP contribution in [-0.2, 0) is 17.1 Å². The molecule has 1 aromatic carbocycles. The number of hydrogen-bond acceptors (Lipinski definition) is 4. The van der Waals surface area contributed by atoms with Crippen LogP contribution in [0.2, 0.25) is 0 Å². The van der Waals surface area contributed by atoms with Gasteiger partial charge in [-0.3, -0.25) is 14.7 Å². The third kappa shape index (κ3) is 4.41. The van der Waals surface area contributed by atoms with Gasteiger partial charge >= 0.3 is 0 Å². The second-order valence-electron chi connectivity index (χ2n) is 8.69. The maximum absolute atomic E-state index is 13.0. The molecule has 0 radical (unpaired) electrons. The predicted molar refractivity (Wildman–Crippen MR) is 117 cm³/mol. The molecule has 4 nitrogen and oxygen atoms in total. The molecule has 3 aliphatic rings. The van der Waals surface area contributed by atoms with Gasteiger partial charge < -0.3 is 5.32 Å². The van der Waals surface area contributed by atoms with Crippen molar-refractivity contribution in [3.63, 3.8) is 0 Å². The number of anilines is 1. The van der Waals surface area contributed by atoms with E-state index in [1.54, 1.807) is 0 Å². The first kappa shape index (κ1) is 21.3. The molecule has 29 heavy (non-hydrogen) atoms. The minimum Gasteiger partial charge on any atom is -0.380 e. The van der Waals surface area contributed by atoms with E-state index in [0.29, 0.717) is 12.1 Å². The van der Waals surface area contributed by atoms with E-state index in [2.05, 4.69) is 37.2 Å². The van der Waals surface area contributed by atoms with Crippen molar-refractivity contribution >= 4 is 38.3 Å². The average molecular weight is 498 g/mol. The zero-order valence-corrected chi connectivity index (χ0v) is 19.3. The summed E-state index contributed by atoms with van der Waals surface area (Å²) in [5, 5.41) is 4.95. The van der Waals surface area contributed by atoms with E-state index in [-0.39, 0.29) is 28.8 Å². The number of ketones is 1. The minimum atomic E-state index is 0. The van der Waals surface area contributed by atoms with Gasteiger partial charge in [-0.25, -0.2) is 0 Å². The maximum atomic E-state index is 13.0. The second-order valence-corrected chi connectivity index (χ2v) is 9.61. The van der Waals surface area contributed by atoms with Gasteiger partial charge in [0.05, 0.1) is 16.8 Å². The van der Waals surface area contributed by atoms with Crippen molar-refractivity contribution in [3.05, 3.63) is 34.4 Å². The number of Topliss-reactive ketones (excluding diaryl/α,β-unsaturated/α-hetero) is 1. The summed E-state index contributed by atoms with van der Waals surface area (Å²) in [6, 6.07) is 7.16. The summed E-state index contributed by atoms with van der Waals surface area (Å²) >= 11 is 3.61. The van der Waals surface area contributed by atoms with Gasteiger partial charge in [0, 0.05) is 51.1 Å². The molecule has 156 valence electrons. The first-order chi connectivity index (χ1) is 13.7. The number of halogens is 1. The van der Waals surface area contributed by atoms with Crippen molar-refractivity contribution in [1.29, 1.82) is 0 Å². The van der Waals surface area contributed by atoms with Crippen molar-refractivity contribution < 1.29 is 21.9 Å². The Morgan fingerprint density at radius 1 is 1.07 bits per heavy atom. The number of pyridine rings is 1. The summed E-state index contributed by atoms with van der Waals surface area (Å²) in [6.45, 7) is 2.44. The maximum Gasteiger partial charge on any atom is 0.169 e. The van der Waals surface area contributed by atoms with Crippen LogP contribution in [0.15, 0.2) is 28.9 Å². The predicted octanol–water partition coefficient (Wildman–Crippen LogP) is 5.41. The molecule has 1 saturated heterocycles. The Kier molecular flexibility index (Phi) is 6.65. The van der Waals surface area contributed by atoms with Gasteiger partial charge in [-0.2, -0.15) is 0 Å². The Morgan fingerprint density at radius 2 is 1.83 bits per heavy atom. The summed E-state index contributed by atoms with van der Waals surface area (Å²) in [5.41, 5.74) is 2.75. The third-order valence-corrected chi connectivity index (χ3v) is 7.21. The molecule has 6 heteroatoms. The van der Waals surface area contributed by atoms with Crippen molar-refractivity contribution in [2.24, 2.45) is 5.92 Å². The van der Waals surface area contributed by atoms with Gasteiger partial charge in [0.25, 0.3) is 0 Å². The van der Waals surface area contributed by atoms with Crippen LogP contribution in [-0.4, -0.2) is 40.8 Å². The quantitative estimate of drug-likeness (QED) is 0.443. The topological polar surface area (TPSA) is 45.2 Å². The van der Waals surface area contributed by atoms with Crippen LogP contribution in [0.5, 0.6) is 0 Å². The molecule has 0 bridgehead atoms. The SMILES string of the molecule is O=C(c1cnc2ccc(Br)cc2c1NC1CCCCC1N1CCCC1)C1CC1.[Fe]. The number of likely N-dealkylation sites (tertiary alicyclic amines) is 1. The average Bonchev–Trinajstić information content (AvgIpc) is 3.43. The Labute approximate surface area is 191 Å². The first-order valence-corrected chi connectivity index (χ1v) is 11.6. The zero-order chi connectivity index (χ0) is 19.1. The molecule has 1 N–H and O–H groups in total. The van der Waals surface area contributed by atoms with Gasteiger partial charge in [0.15, 0.2) is 5.78 Å². The Bertz CT molecular complexity index is 895. The van der Waals surface area contributed by atoms with Gasteiger partial charge in [0.1, 0.15) is 0 Å². The van der Waals surface area contributed by atoms with Crippen molar-refractivity contribution in [3.8, 4) is 0 Å². The Balaban J connectivity index is 0.00000205. The summed E-state index contributed by atoms with van der Waals surface area (Å²) in [6.07, 6.45) is 11.5. The van der Waals surface area contributed by atoms with Crippen LogP contribution in [0.4, 0.5) is 5.69 Å². The van der Waals surface area contributed by atoms with Crippen LogP contribution >= 0.6 is 15.9 Å². The molecule has 2 heterocycles. The van der Waals surface area contributed by atoms with Gasteiger partial charge in [0.2, 0.25) is 0 Å². The van der Waals surface area contributed by atoms with Crippen LogP contribution in [0.3, 0.4) is 0 Å². The van der Waals surface area contributed by atoms with Crippen molar-refractivity contribution in [2.45, 2.75) is 63.5 Å². The number of nitrogens with one attached hydrogen (secondary N) is 1. The third-order valence-electron chi connectivity index (χ3n) is 6.71. The number of fused-ring (bicyclic) bond motifs is 1. The molecule has 2 unspecified atom stereocenters. The minimum absolute atomic E-state index is 0. The van der Waals surface area contributed by atoms with E-state index in [9.17, 15) is 4.79 Å². The molecule has 3 fully saturated rings. The van der Waals surface area contributed by atoms with Gasteiger partial charge in [-0.1, -0.05) is 28.8 Å². The fourth-order valence-corrected chi connectivity index (χ4v) is 5.41. The number of benzene rings is 1. The molecular formula is C23H28BrFeN3O. The fraction of sp³-hybridized carbons (Fsp3) is 0.565.